The predicted octanol–water partition coefficient (Wildman–Crippen LogP) is 2.33. The van der Waals surface area contributed by atoms with Crippen LogP contribution in [0.5, 0.6) is 0 Å². The zero-order chi connectivity index (χ0) is 9.64. The highest BCUT2D eigenvalue weighted by atomic mass is 79.9. The third kappa shape index (κ3) is 1.30. The standard InChI is InChI=1S/C8H8BrNO2S/c1-4-10-5(6(9)13-4)8(2-3-8)7(11)12/h2-3H2,1H3,(H,11,12). The quantitative estimate of drug-likeness (QED) is 0.889. The van der Waals surface area contributed by atoms with E-state index in [9.17, 15) is 4.79 Å². The van der Waals surface area contributed by atoms with E-state index in [-0.39, 0.29) is 0 Å². The molecule has 1 aromatic rings. The van der Waals surface area contributed by atoms with Gasteiger partial charge in [-0.25, -0.2) is 4.98 Å². The minimum absolute atomic E-state index is 0.677. The summed E-state index contributed by atoms with van der Waals surface area (Å²) >= 11 is 4.85. The van der Waals surface area contributed by atoms with Crippen molar-refractivity contribution < 1.29 is 9.90 Å². The van der Waals surface area contributed by atoms with Gasteiger partial charge in [0.15, 0.2) is 0 Å². The number of rotatable bonds is 2. The fraction of sp³-hybridized carbons (Fsp3) is 0.500. The van der Waals surface area contributed by atoms with E-state index in [0.717, 1.165) is 8.79 Å². The SMILES string of the molecule is Cc1nc(C2(C(=O)O)CC2)c(Br)s1. The van der Waals surface area contributed by atoms with E-state index in [1.54, 1.807) is 0 Å². The van der Waals surface area contributed by atoms with Crippen LogP contribution in [0.3, 0.4) is 0 Å². The molecule has 0 amide bonds. The third-order valence-electron chi connectivity index (χ3n) is 2.31. The summed E-state index contributed by atoms with van der Waals surface area (Å²) < 4.78 is 0.866. The minimum atomic E-state index is -0.751. The van der Waals surface area contributed by atoms with Gasteiger partial charge in [0.05, 0.1) is 14.5 Å². The van der Waals surface area contributed by atoms with E-state index in [4.69, 9.17) is 5.11 Å². The molecule has 1 N–H and O–H groups in total. The fourth-order valence-corrected chi connectivity index (χ4v) is 3.28. The van der Waals surface area contributed by atoms with Crippen molar-refractivity contribution in [2.24, 2.45) is 0 Å². The molecule has 0 spiro atoms. The van der Waals surface area contributed by atoms with Crippen LogP contribution in [0.2, 0.25) is 0 Å². The summed E-state index contributed by atoms with van der Waals surface area (Å²) in [5, 5.41) is 9.95. The van der Waals surface area contributed by atoms with Gasteiger partial charge >= 0.3 is 5.97 Å². The average molecular weight is 262 g/mol. The number of aryl methyl sites for hydroxylation is 1. The summed E-state index contributed by atoms with van der Waals surface area (Å²) in [6.45, 7) is 1.89. The number of thiazole rings is 1. The lowest BCUT2D eigenvalue weighted by Gasteiger charge is -2.05. The molecule has 0 radical (unpaired) electrons. The molecule has 1 aromatic heterocycles. The number of aliphatic carboxylic acids is 1. The van der Waals surface area contributed by atoms with E-state index in [2.05, 4.69) is 20.9 Å². The summed E-state index contributed by atoms with van der Waals surface area (Å²) in [5.74, 6) is -0.751. The van der Waals surface area contributed by atoms with Gasteiger partial charge in [0.25, 0.3) is 0 Å². The van der Waals surface area contributed by atoms with Crippen molar-refractivity contribution in [3.05, 3.63) is 14.5 Å². The number of halogens is 1. The van der Waals surface area contributed by atoms with Gasteiger partial charge in [0, 0.05) is 0 Å². The lowest BCUT2D eigenvalue weighted by atomic mass is 10.1. The van der Waals surface area contributed by atoms with Crippen molar-refractivity contribution in [3.63, 3.8) is 0 Å². The maximum atomic E-state index is 11.0. The van der Waals surface area contributed by atoms with Crippen molar-refractivity contribution in [3.8, 4) is 0 Å². The predicted molar refractivity (Wildman–Crippen MR) is 53.1 cm³/mol. The summed E-state index contributed by atoms with van der Waals surface area (Å²) in [6.07, 6.45) is 1.42. The monoisotopic (exact) mass is 261 g/mol. The Hall–Kier alpha value is -0.420. The molecular weight excluding hydrogens is 254 g/mol. The summed E-state index contributed by atoms with van der Waals surface area (Å²) in [4.78, 5) is 15.2. The molecule has 3 nitrogen and oxygen atoms in total. The van der Waals surface area contributed by atoms with Gasteiger partial charge in [0.2, 0.25) is 0 Å². The molecule has 0 bridgehead atoms. The van der Waals surface area contributed by atoms with Crippen LogP contribution in [0.25, 0.3) is 0 Å². The first kappa shape index (κ1) is 9.15. The Kier molecular flexibility index (Phi) is 1.96. The van der Waals surface area contributed by atoms with Crippen molar-refractivity contribution in [2.75, 3.05) is 0 Å². The molecule has 0 aromatic carbocycles. The van der Waals surface area contributed by atoms with Gasteiger partial charge in [-0.15, -0.1) is 11.3 Å². The highest BCUT2D eigenvalue weighted by Gasteiger charge is 2.54. The molecule has 1 fully saturated rings. The smallest absolute Gasteiger partial charge is 0.315 e. The zero-order valence-corrected chi connectivity index (χ0v) is 9.41. The molecule has 0 saturated heterocycles. The van der Waals surface area contributed by atoms with E-state index in [1.165, 1.54) is 11.3 Å². The van der Waals surface area contributed by atoms with E-state index in [0.29, 0.717) is 18.5 Å². The van der Waals surface area contributed by atoms with Crippen LogP contribution < -0.4 is 0 Å². The molecule has 2 rings (SSSR count). The molecule has 5 heteroatoms. The van der Waals surface area contributed by atoms with Gasteiger partial charge < -0.3 is 5.11 Å². The maximum Gasteiger partial charge on any atom is 0.315 e. The number of aromatic nitrogens is 1. The maximum absolute atomic E-state index is 11.0. The number of hydrogen-bond acceptors (Lipinski definition) is 3. The number of carbonyl (C=O) groups is 1. The van der Waals surface area contributed by atoms with Crippen molar-refractivity contribution in [2.45, 2.75) is 25.2 Å². The lowest BCUT2D eigenvalue weighted by molar-refractivity contribution is -0.140. The minimum Gasteiger partial charge on any atom is -0.481 e. The molecule has 1 heterocycles. The van der Waals surface area contributed by atoms with E-state index in [1.807, 2.05) is 6.92 Å². The summed E-state index contributed by atoms with van der Waals surface area (Å²) in [7, 11) is 0. The molecule has 1 saturated carbocycles. The van der Waals surface area contributed by atoms with Crippen LogP contribution in [0, 0.1) is 6.92 Å². The number of hydrogen-bond donors (Lipinski definition) is 1. The number of carboxylic acids is 1. The first-order chi connectivity index (χ1) is 6.06. The molecule has 0 aliphatic heterocycles. The lowest BCUT2D eigenvalue weighted by Crippen LogP contribution is -2.20. The zero-order valence-electron chi connectivity index (χ0n) is 7.00. The Bertz CT molecular complexity index is 370. The highest BCUT2D eigenvalue weighted by Crippen LogP contribution is 2.51. The first-order valence-corrected chi connectivity index (χ1v) is 5.54. The highest BCUT2D eigenvalue weighted by molar-refractivity contribution is 9.11. The third-order valence-corrected chi connectivity index (χ3v) is 3.93. The Morgan fingerprint density at radius 3 is 2.62 bits per heavy atom. The van der Waals surface area contributed by atoms with Crippen LogP contribution in [-0.2, 0) is 10.2 Å². The molecule has 1 aliphatic rings. The second-order valence-electron chi connectivity index (χ2n) is 3.24. The van der Waals surface area contributed by atoms with Gasteiger partial charge in [-0.3, -0.25) is 4.79 Å². The second-order valence-corrected chi connectivity index (χ2v) is 5.76. The van der Waals surface area contributed by atoms with Crippen molar-refractivity contribution >= 4 is 33.2 Å². The number of carboxylic acid groups (broad SMARTS) is 1. The van der Waals surface area contributed by atoms with Crippen molar-refractivity contribution in [1.82, 2.24) is 4.98 Å². The molecule has 0 unspecified atom stereocenters. The Balaban J connectivity index is 2.46. The van der Waals surface area contributed by atoms with Crippen molar-refractivity contribution in [1.29, 1.82) is 0 Å². The first-order valence-electron chi connectivity index (χ1n) is 3.93. The average Bonchev–Trinajstić information content (AvgIpc) is 2.75. The van der Waals surface area contributed by atoms with E-state index < -0.39 is 11.4 Å². The Labute approximate surface area is 87.9 Å². The summed E-state index contributed by atoms with van der Waals surface area (Å²) in [6, 6.07) is 0. The number of nitrogens with zero attached hydrogens (tertiary/aromatic N) is 1. The van der Waals surface area contributed by atoms with Gasteiger partial charge in [0.1, 0.15) is 5.41 Å². The normalized spacial score (nSPS) is 18.6. The van der Waals surface area contributed by atoms with Crippen LogP contribution in [0.1, 0.15) is 23.5 Å². The van der Waals surface area contributed by atoms with Crippen LogP contribution in [0.4, 0.5) is 0 Å². The van der Waals surface area contributed by atoms with Crippen LogP contribution in [0.15, 0.2) is 3.79 Å². The Morgan fingerprint density at radius 2 is 2.31 bits per heavy atom. The van der Waals surface area contributed by atoms with Crippen LogP contribution >= 0.6 is 27.3 Å². The molecular formula is C8H8BrNO2S. The summed E-state index contributed by atoms with van der Waals surface area (Å²) in [5.41, 5.74) is 0.0337. The van der Waals surface area contributed by atoms with Crippen LogP contribution in [-0.4, -0.2) is 16.1 Å². The van der Waals surface area contributed by atoms with E-state index >= 15 is 0 Å². The van der Waals surface area contributed by atoms with Gasteiger partial charge in [-0.05, 0) is 35.7 Å². The van der Waals surface area contributed by atoms with Gasteiger partial charge in [-0.1, -0.05) is 0 Å². The topological polar surface area (TPSA) is 50.2 Å². The fourth-order valence-electron chi connectivity index (χ4n) is 1.37. The molecule has 13 heavy (non-hydrogen) atoms. The second kappa shape index (κ2) is 2.78. The molecule has 0 atom stereocenters. The van der Waals surface area contributed by atoms with Gasteiger partial charge in [-0.2, -0.15) is 0 Å². The molecule has 70 valence electrons. The largest absolute Gasteiger partial charge is 0.481 e. The molecule has 1 aliphatic carbocycles. The Morgan fingerprint density at radius 1 is 1.69 bits per heavy atom.